The SMILES string of the molecule is Cc1ccc(Oc2cccnc2C)c(N)c1. The highest BCUT2D eigenvalue weighted by molar-refractivity contribution is 5.55. The number of aryl methyl sites for hydroxylation is 2. The van der Waals surface area contributed by atoms with Crippen LogP contribution in [0, 0.1) is 13.8 Å². The van der Waals surface area contributed by atoms with Crippen LogP contribution in [0.25, 0.3) is 0 Å². The Balaban J connectivity index is 2.31. The van der Waals surface area contributed by atoms with E-state index in [4.69, 9.17) is 10.5 Å². The average Bonchev–Trinajstić information content (AvgIpc) is 2.25. The fraction of sp³-hybridized carbons (Fsp3) is 0.154. The van der Waals surface area contributed by atoms with Crippen LogP contribution in [0.4, 0.5) is 5.69 Å². The van der Waals surface area contributed by atoms with Gasteiger partial charge in [0.2, 0.25) is 0 Å². The second-order valence-corrected chi connectivity index (χ2v) is 3.73. The number of pyridine rings is 1. The number of nitrogens with zero attached hydrogens (tertiary/aromatic N) is 1. The maximum absolute atomic E-state index is 5.87. The number of nitrogen functional groups attached to an aromatic ring is 1. The van der Waals surface area contributed by atoms with E-state index >= 15 is 0 Å². The lowest BCUT2D eigenvalue weighted by Gasteiger charge is -2.10. The molecule has 0 unspecified atom stereocenters. The lowest BCUT2D eigenvalue weighted by molar-refractivity contribution is 0.478. The molecule has 1 aromatic heterocycles. The highest BCUT2D eigenvalue weighted by Crippen LogP contribution is 2.28. The van der Waals surface area contributed by atoms with E-state index in [0.717, 1.165) is 17.0 Å². The fourth-order valence-corrected chi connectivity index (χ4v) is 1.46. The Labute approximate surface area is 94.9 Å². The molecule has 1 heterocycles. The molecule has 0 saturated heterocycles. The molecular formula is C13H14N2O. The smallest absolute Gasteiger partial charge is 0.150 e. The van der Waals surface area contributed by atoms with Gasteiger partial charge in [-0.25, -0.2) is 0 Å². The summed E-state index contributed by atoms with van der Waals surface area (Å²) in [5, 5.41) is 0. The van der Waals surface area contributed by atoms with Gasteiger partial charge in [0.1, 0.15) is 11.5 Å². The molecular weight excluding hydrogens is 200 g/mol. The number of nitrogens with two attached hydrogens (primary N) is 1. The minimum absolute atomic E-state index is 0.642. The number of rotatable bonds is 2. The van der Waals surface area contributed by atoms with Gasteiger partial charge >= 0.3 is 0 Å². The standard InChI is InChI=1S/C13H14N2O/c1-9-5-6-13(11(14)8-9)16-12-4-3-7-15-10(12)2/h3-8H,14H2,1-2H3. The summed E-state index contributed by atoms with van der Waals surface area (Å²) in [5.41, 5.74) is 8.48. The Morgan fingerprint density at radius 2 is 1.94 bits per heavy atom. The first-order chi connectivity index (χ1) is 7.66. The van der Waals surface area contributed by atoms with Crippen molar-refractivity contribution in [2.75, 3.05) is 5.73 Å². The van der Waals surface area contributed by atoms with E-state index in [1.807, 2.05) is 44.2 Å². The summed E-state index contributed by atoms with van der Waals surface area (Å²) < 4.78 is 5.71. The van der Waals surface area contributed by atoms with Crippen LogP contribution in [0.2, 0.25) is 0 Å². The normalized spacial score (nSPS) is 10.1. The van der Waals surface area contributed by atoms with Gasteiger partial charge in [0, 0.05) is 6.20 Å². The van der Waals surface area contributed by atoms with E-state index in [0.29, 0.717) is 11.4 Å². The van der Waals surface area contributed by atoms with Crippen molar-refractivity contribution in [1.29, 1.82) is 0 Å². The molecule has 3 heteroatoms. The van der Waals surface area contributed by atoms with E-state index in [1.54, 1.807) is 6.20 Å². The maximum Gasteiger partial charge on any atom is 0.150 e. The third-order valence-electron chi connectivity index (χ3n) is 2.34. The summed E-state index contributed by atoms with van der Waals surface area (Å²) in [6.45, 7) is 3.90. The molecule has 16 heavy (non-hydrogen) atoms. The maximum atomic E-state index is 5.87. The molecule has 0 radical (unpaired) electrons. The minimum atomic E-state index is 0.642. The zero-order valence-electron chi connectivity index (χ0n) is 9.40. The Morgan fingerprint density at radius 3 is 2.62 bits per heavy atom. The van der Waals surface area contributed by atoms with Crippen molar-refractivity contribution in [3.05, 3.63) is 47.8 Å². The van der Waals surface area contributed by atoms with Crippen LogP contribution in [0.15, 0.2) is 36.5 Å². The number of ether oxygens (including phenoxy) is 1. The summed E-state index contributed by atoms with van der Waals surface area (Å²) in [5.74, 6) is 1.40. The van der Waals surface area contributed by atoms with Crippen molar-refractivity contribution in [2.24, 2.45) is 0 Å². The van der Waals surface area contributed by atoms with E-state index in [9.17, 15) is 0 Å². The Bertz CT molecular complexity index is 509. The molecule has 82 valence electrons. The van der Waals surface area contributed by atoms with Crippen LogP contribution in [0.1, 0.15) is 11.3 Å². The Hall–Kier alpha value is -2.03. The molecule has 0 atom stereocenters. The van der Waals surface area contributed by atoms with Crippen LogP contribution in [-0.2, 0) is 0 Å². The number of aromatic nitrogens is 1. The Kier molecular flexibility index (Phi) is 2.77. The second kappa shape index (κ2) is 4.23. The largest absolute Gasteiger partial charge is 0.453 e. The molecule has 1 aromatic carbocycles. The zero-order valence-corrected chi connectivity index (χ0v) is 9.40. The van der Waals surface area contributed by atoms with Crippen LogP contribution < -0.4 is 10.5 Å². The van der Waals surface area contributed by atoms with Crippen molar-refractivity contribution >= 4 is 5.69 Å². The number of benzene rings is 1. The minimum Gasteiger partial charge on any atom is -0.453 e. The lowest BCUT2D eigenvalue weighted by atomic mass is 10.2. The van der Waals surface area contributed by atoms with Crippen LogP contribution in [0.5, 0.6) is 11.5 Å². The molecule has 0 amide bonds. The first-order valence-corrected chi connectivity index (χ1v) is 5.12. The van der Waals surface area contributed by atoms with Crippen molar-refractivity contribution in [3.8, 4) is 11.5 Å². The first kappa shape index (κ1) is 10.5. The summed E-state index contributed by atoms with van der Waals surface area (Å²) in [7, 11) is 0. The zero-order chi connectivity index (χ0) is 11.5. The lowest BCUT2D eigenvalue weighted by Crippen LogP contribution is -1.94. The van der Waals surface area contributed by atoms with Gasteiger partial charge in [-0.2, -0.15) is 0 Å². The number of hydrogen-bond acceptors (Lipinski definition) is 3. The molecule has 0 fully saturated rings. The van der Waals surface area contributed by atoms with Crippen LogP contribution in [-0.4, -0.2) is 4.98 Å². The second-order valence-electron chi connectivity index (χ2n) is 3.73. The summed E-state index contributed by atoms with van der Waals surface area (Å²) >= 11 is 0. The van der Waals surface area contributed by atoms with Gasteiger partial charge in [-0.1, -0.05) is 6.07 Å². The molecule has 0 aliphatic carbocycles. The van der Waals surface area contributed by atoms with Crippen molar-refractivity contribution < 1.29 is 4.74 Å². The number of anilines is 1. The van der Waals surface area contributed by atoms with E-state index < -0.39 is 0 Å². The fourth-order valence-electron chi connectivity index (χ4n) is 1.46. The summed E-state index contributed by atoms with van der Waals surface area (Å²) in [6, 6.07) is 9.45. The highest BCUT2D eigenvalue weighted by atomic mass is 16.5. The third kappa shape index (κ3) is 2.14. The first-order valence-electron chi connectivity index (χ1n) is 5.12. The van der Waals surface area contributed by atoms with E-state index in [1.165, 1.54) is 0 Å². The molecule has 0 bridgehead atoms. The summed E-state index contributed by atoms with van der Waals surface area (Å²) in [4.78, 5) is 4.16. The van der Waals surface area contributed by atoms with E-state index in [2.05, 4.69) is 4.98 Å². The van der Waals surface area contributed by atoms with Gasteiger partial charge in [-0.05, 0) is 43.7 Å². The molecule has 3 nitrogen and oxygen atoms in total. The van der Waals surface area contributed by atoms with Crippen molar-refractivity contribution in [2.45, 2.75) is 13.8 Å². The van der Waals surface area contributed by atoms with Crippen molar-refractivity contribution in [1.82, 2.24) is 4.98 Å². The van der Waals surface area contributed by atoms with Gasteiger partial charge in [-0.15, -0.1) is 0 Å². The molecule has 0 saturated carbocycles. The van der Waals surface area contributed by atoms with Gasteiger partial charge in [0.05, 0.1) is 11.4 Å². The Morgan fingerprint density at radius 1 is 1.12 bits per heavy atom. The van der Waals surface area contributed by atoms with E-state index in [-0.39, 0.29) is 0 Å². The van der Waals surface area contributed by atoms with Crippen LogP contribution >= 0.6 is 0 Å². The molecule has 2 N–H and O–H groups in total. The highest BCUT2D eigenvalue weighted by Gasteiger charge is 2.04. The predicted octanol–water partition coefficient (Wildman–Crippen LogP) is 3.07. The molecule has 0 aliphatic rings. The van der Waals surface area contributed by atoms with Gasteiger partial charge in [-0.3, -0.25) is 4.98 Å². The van der Waals surface area contributed by atoms with Crippen molar-refractivity contribution in [3.63, 3.8) is 0 Å². The quantitative estimate of drug-likeness (QED) is 0.781. The topological polar surface area (TPSA) is 48.1 Å². The average molecular weight is 214 g/mol. The molecule has 2 rings (SSSR count). The van der Waals surface area contributed by atoms with Gasteiger partial charge < -0.3 is 10.5 Å². The van der Waals surface area contributed by atoms with Gasteiger partial charge in [0.15, 0.2) is 0 Å². The monoisotopic (exact) mass is 214 g/mol. The van der Waals surface area contributed by atoms with Gasteiger partial charge in [0.25, 0.3) is 0 Å². The number of hydrogen-bond donors (Lipinski definition) is 1. The molecule has 0 spiro atoms. The summed E-state index contributed by atoms with van der Waals surface area (Å²) in [6.07, 6.45) is 1.74. The third-order valence-corrected chi connectivity index (χ3v) is 2.34. The predicted molar refractivity (Wildman–Crippen MR) is 64.6 cm³/mol. The molecule has 0 aliphatic heterocycles. The molecule has 2 aromatic rings. The van der Waals surface area contributed by atoms with Crippen LogP contribution in [0.3, 0.4) is 0 Å².